The minimum Gasteiger partial charge on any atom is -0.364 e. The first-order valence-corrected chi connectivity index (χ1v) is 6.26. The maximum Gasteiger partial charge on any atom is 0.129 e. The molecule has 0 aliphatic rings. The van der Waals surface area contributed by atoms with Crippen LogP contribution < -0.4 is 5.32 Å². The minimum atomic E-state index is 0. The Morgan fingerprint density at radius 3 is 2.88 bits per heavy atom. The molecule has 92 valence electrons. The van der Waals surface area contributed by atoms with Crippen molar-refractivity contribution in [3.05, 3.63) is 40.0 Å². The highest BCUT2D eigenvalue weighted by Crippen LogP contribution is 2.13. The van der Waals surface area contributed by atoms with Gasteiger partial charge in [-0.25, -0.2) is 9.97 Å². The lowest BCUT2D eigenvalue weighted by molar-refractivity contribution is 0.998. The molecule has 2 heterocycles. The van der Waals surface area contributed by atoms with E-state index in [-0.39, 0.29) is 12.4 Å². The lowest BCUT2D eigenvalue weighted by atomic mass is 10.3. The molecule has 0 aromatic carbocycles. The van der Waals surface area contributed by atoms with Crippen LogP contribution in [0.25, 0.3) is 0 Å². The fourth-order valence-electron chi connectivity index (χ4n) is 1.44. The fourth-order valence-corrected chi connectivity index (χ4v) is 2.18. The van der Waals surface area contributed by atoms with Gasteiger partial charge in [0.15, 0.2) is 0 Å². The highest BCUT2D eigenvalue weighted by Gasteiger charge is 2.01. The molecule has 2 aromatic heterocycles. The first kappa shape index (κ1) is 13.9. The van der Waals surface area contributed by atoms with Gasteiger partial charge < -0.3 is 5.32 Å². The third-order valence-electron chi connectivity index (χ3n) is 2.35. The Bertz CT molecular complexity index is 470. The van der Waals surface area contributed by atoms with Crippen molar-refractivity contribution >= 4 is 29.6 Å². The van der Waals surface area contributed by atoms with Crippen molar-refractivity contribution in [2.75, 3.05) is 5.32 Å². The lowest BCUT2D eigenvalue weighted by Gasteiger charge is -2.05. The number of pyridine rings is 1. The first-order chi connectivity index (χ1) is 7.79. The standard InChI is InChI=1S/C12H15N3S.ClH/c1-3-11-15-10(8-16-11)7-14-12-9(2)5-4-6-13-12;/h4-6,8H,3,7H2,1-2H3,(H,13,14);1H. The van der Waals surface area contributed by atoms with Gasteiger partial charge in [0.1, 0.15) is 5.82 Å². The van der Waals surface area contributed by atoms with Crippen LogP contribution in [-0.4, -0.2) is 9.97 Å². The molecule has 0 saturated heterocycles. The Morgan fingerprint density at radius 1 is 1.41 bits per heavy atom. The number of nitrogens with one attached hydrogen (secondary N) is 1. The molecule has 0 unspecified atom stereocenters. The number of anilines is 1. The minimum absolute atomic E-state index is 0. The molecule has 0 amide bonds. The lowest BCUT2D eigenvalue weighted by Crippen LogP contribution is -2.03. The number of aromatic nitrogens is 2. The predicted octanol–water partition coefficient (Wildman–Crippen LogP) is 3.44. The van der Waals surface area contributed by atoms with E-state index in [1.54, 1.807) is 17.5 Å². The fraction of sp³-hybridized carbons (Fsp3) is 0.333. The predicted molar refractivity (Wildman–Crippen MR) is 75.0 cm³/mol. The average molecular weight is 270 g/mol. The van der Waals surface area contributed by atoms with Gasteiger partial charge in [-0.15, -0.1) is 23.7 Å². The molecule has 0 saturated carbocycles. The van der Waals surface area contributed by atoms with Crippen LogP contribution in [0.3, 0.4) is 0 Å². The quantitative estimate of drug-likeness (QED) is 0.924. The van der Waals surface area contributed by atoms with Gasteiger partial charge in [-0.1, -0.05) is 13.0 Å². The van der Waals surface area contributed by atoms with E-state index in [0.29, 0.717) is 0 Å². The molecule has 0 spiro atoms. The van der Waals surface area contributed by atoms with Crippen LogP contribution in [0.1, 0.15) is 23.2 Å². The molecule has 0 fully saturated rings. The molecular weight excluding hydrogens is 254 g/mol. The maximum atomic E-state index is 4.50. The van der Waals surface area contributed by atoms with Crippen LogP contribution in [0.15, 0.2) is 23.7 Å². The number of hydrogen-bond donors (Lipinski definition) is 1. The highest BCUT2D eigenvalue weighted by molar-refractivity contribution is 7.09. The van der Waals surface area contributed by atoms with E-state index in [1.807, 2.05) is 19.1 Å². The molecule has 3 nitrogen and oxygen atoms in total. The van der Waals surface area contributed by atoms with Crippen molar-refractivity contribution in [2.24, 2.45) is 0 Å². The summed E-state index contributed by atoms with van der Waals surface area (Å²) >= 11 is 1.72. The summed E-state index contributed by atoms with van der Waals surface area (Å²) in [5.41, 5.74) is 2.25. The van der Waals surface area contributed by atoms with E-state index in [4.69, 9.17) is 0 Å². The summed E-state index contributed by atoms with van der Waals surface area (Å²) in [5, 5.41) is 6.59. The van der Waals surface area contributed by atoms with E-state index in [9.17, 15) is 0 Å². The van der Waals surface area contributed by atoms with Crippen LogP contribution in [0.4, 0.5) is 5.82 Å². The normalized spacial score (nSPS) is 9.76. The van der Waals surface area contributed by atoms with Crippen molar-refractivity contribution in [2.45, 2.75) is 26.8 Å². The number of nitrogens with zero attached hydrogens (tertiary/aromatic N) is 2. The Balaban J connectivity index is 0.00000144. The summed E-state index contributed by atoms with van der Waals surface area (Å²) in [7, 11) is 0. The van der Waals surface area contributed by atoms with Crippen molar-refractivity contribution in [3.63, 3.8) is 0 Å². The molecular formula is C12H16ClN3S. The smallest absolute Gasteiger partial charge is 0.129 e. The monoisotopic (exact) mass is 269 g/mol. The van der Waals surface area contributed by atoms with E-state index in [2.05, 4.69) is 27.6 Å². The Labute approximate surface area is 112 Å². The third kappa shape index (κ3) is 3.68. The summed E-state index contributed by atoms with van der Waals surface area (Å²) < 4.78 is 0. The number of aryl methyl sites for hydroxylation is 2. The largest absolute Gasteiger partial charge is 0.364 e. The molecule has 2 rings (SSSR count). The van der Waals surface area contributed by atoms with E-state index < -0.39 is 0 Å². The topological polar surface area (TPSA) is 37.8 Å². The summed E-state index contributed by atoms with van der Waals surface area (Å²) in [5.74, 6) is 0.938. The summed E-state index contributed by atoms with van der Waals surface area (Å²) in [4.78, 5) is 8.79. The zero-order valence-corrected chi connectivity index (χ0v) is 11.6. The van der Waals surface area contributed by atoms with Crippen LogP contribution in [0, 0.1) is 6.92 Å². The van der Waals surface area contributed by atoms with Gasteiger partial charge in [0.05, 0.1) is 17.2 Å². The second kappa shape index (κ2) is 6.57. The number of halogens is 1. The van der Waals surface area contributed by atoms with E-state index in [0.717, 1.165) is 30.0 Å². The molecule has 5 heteroatoms. The van der Waals surface area contributed by atoms with Crippen LogP contribution in [0.2, 0.25) is 0 Å². The zero-order valence-electron chi connectivity index (χ0n) is 9.93. The molecule has 0 aliphatic carbocycles. The molecule has 0 bridgehead atoms. The molecule has 0 atom stereocenters. The van der Waals surface area contributed by atoms with Gasteiger partial charge in [-0.2, -0.15) is 0 Å². The maximum absolute atomic E-state index is 4.50. The number of thiazole rings is 1. The summed E-state index contributed by atoms with van der Waals surface area (Å²) in [6.45, 7) is 4.92. The van der Waals surface area contributed by atoms with Crippen molar-refractivity contribution in [1.82, 2.24) is 9.97 Å². The van der Waals surface area contributed by atoms with Crippen LogP contribution >= 0.6 is 23.7 Å². The second-order valence-electron chi connectivity index (χ2n) is 3.61. The van der Waals surface area contributed by atoms with Gasteiger partial charge in [-0.3, -0.25) is 0 Å². The van der Waals surface area contributed by atoms with Gasteiger partial charge in [0, 0.05) is 11.6 Å². The van der Waals surface area contributed by atoms with E-state index >= 15 is 0 Å². The average Bonchev–Trinajstić information content (AvgIpc) is 2.76. The van der Waals surface area contributed by atoms with E-state index in [1.165, 1.54) is 5.01 Å². The van der Waals surface area contributed by atoms with Gasteiger partial charge >= 0.3 is 0 Å². The van der Waals surface area contributed by atoms with Crippen molar-refractivity contribution in [3.8, 4) is 0 Å². The van der Waals surface area contributed by atoms with Crippen molar-refractivity contribution in [1.29, 1.82) is 0 Å². The van der Waals surface area contributed by atoms with Gasteiger partial charge in [0.2, 0.25) is 0 Å². The number of rotatable bonds is 4. The SMILES string of the molecule is CCc1nc(CNc2ncccc2C)cs1.Cl. The molecule has 0 radical (unpaired) electrons. The zero-order chi connectivity index (χ0) is 11.4. The summed E-state index contributed by atoms with van der Waals surface area (Å²) in [6, 6.07) is 3.99. The molecule has 0 aliphatic heterocycles. The molecule has 1 N–H and O–H groups in total. The Hall–Kier alpha value is -1.13. The summed E-state index contributed by atoms with van der Waals surface area (Å²) in [6.07, 6.45) is 2.81. The molecule has 2 aromatic rings. The Morgan fingerprint density at radius 2 is 2.24 bits per heavy atom. The second-order valence-corrected chi connectivity index (χ2v) is 4.55. The van der Waals surface area contributed by atoms with Crippen LogP contribution in [0.5, 0.6) is 0 Å². The Kier molecular flexibility index (Phi) is 5.38. The van der Waals surface area contributed by atoms with Crippen molar-refractivity contribution < 1.29 is 0 Å². The van der Waals surface area contributed by atoms with Crippen LogP contribution in [-0.2, 0) is 13.0 Å². The van der Waals surface area contributed by atoms with Gasteiger partial charge in [-0.05, 0) is 25.0 Å². The highest BCUT2D eigenvalue weighted by atomic mass is 35.5. The molecule has 17 heavy (non-hydrogen) atoms. The van der Waals surface area contributed by atoms with Gasteiger partial charge in [0.25, 0.3) is 0 Å². The third-order valence-corrected chi connectivity index (χ3v) is 3.39. The number of hydrogen-bond acceptors (Lipinski definition) is 4. The first-order valence-electron chi connectivity index (χ1n) is 5.38.